The van der Waals surface area contributed by atoms with Crippen molar-refractivity contribution in [2.24, 2.45) is 0 Å². The molecular formula is C15H18N4O3S2. The van der Waals surface area contributed by atoms with Gasteiger partial charge in [-0.15, -0.1) is 5.10 Å². The van der Waals surface area contributed by atoms with Crippen LogP contribution in [0.2, 0.25) is 0 Å². The van der Waals surface area contributed by atoms with Crippen LogP contribution in [-0.4, -0.2) is 59.3 Å². The number of hydrogen-bond acceptors (Lipinski definition) is 6. The van der Waals surface area contributed by atoms with Crippen LogP contribution in [-0.2, 0) is 16.4 Å². The van der Waals surface area contributed by atoms with Crippen LogP contribution in [0.25, 0.3) is 0 Å². The Morgan fingerprint density at radius 3 is 2.46 bits per heavy atom. The zero-order valence-corrected chi connectivity index (χ0v) is 14.9. The van der Waals surface area contributed by atoms with Gasteiger partial charge < -0.3 is 4.90 Å². The average molecular weight is 366 g/mol. The first-order valence-electron chi connectivity index (χ1n) is 7.69. The monoisotopic (exact) mass is 366 g/mol. The number of carbonyl (C=O) groups excluding carboxylic acids is 1. The van der Waals surface area contributed by atoms with E-state index in [1.807, 2.05) is 6.92 Å². The van der Waals surface area contributed by atoms with Crippen LogP contribution in [0.5, 0.6) is 0 Å². The number of piperazine rings is 1. The Balaban J connectivity index is 1.69. The molecule has 2 aromatic rings. The second kappa shape index (κ2) is 6.96. The molecule has 0 spiro atoms. The van der Waals surface area contributed by atoms with E-state index >= 15 is 0 Å². The van der Waals surface area contributed by atoms with E-state index in [0.29, 0.717) is 30.1 Å². The van der Waals surface area contributed by atoms with Crippen LogP contribution < -0.4 is 0 Å². The average Bonchev–Trinajstić information content (AvgIpc) is 3.10. The summed E-state index contributed by atoms with van der Waals surface area (Å²) in [7, 11) is -3.50. The Bertz CT molecular complexity index is 812. The number of aryl methyl sites for hydroxylation is 1. The molecule has 0 N–H and O–H groups in total. The fourth-order valence-electron chi connectivity index (χ4n) is 2.62. The third-order valence-corrected chi connectivity index (χ3v) is 6.66. The Morgan fingerprint density at radius 1 is 1.17 bits per heavy atom. The minimum Gasteiger partial charge on any atom is -0.335 e. The van der Waals surface area contributed by atoms with Gasteiger partial charge in [0.15, 0.2) is 0 Å². The number of amides is 1. The highest BCUT2D eigenvalue weighted by molar-refractivity contribution is 7.89. The van der Waals surface area contributed by atoms with E-state index in [9.17, 15) is 13.2 Å². The summed E-state index contributed by atoms with van der Waals surface area (Å²) in [6.07, 6.45) is 0.653. The normalized spacial score (nSPS) is 16.3. The number of sulfonamides is 1. The molecule has 1 amide bonds. The molecule has 7 nitrogen and oxygen atoms in total. The van der Waals surface area contributed by atoms with Gasteiger partial charge in [0.05, 0.1) is 10.6 Å². The molecule has 1 aromatic carbocycles. The maximum atomic E-state index is 12.6. The van der Waals surface area contributed by atoms with Crippen LogP contribution in [0.3, 0.4) is 0 Å². The zero-order valence-electron chi connectivity index (χ0n) is 13.3. The minimum absolute atomic E-state index is 0.112. The first kappa shape index (κ1) is 17.0. The van der Waals surface area contributed by atoms with E-state index in [0.717, 1.165) is 11.5 Å². The highest BCUT2D eigenvalue weighted by Gasteiger charge is 2.31. The summed E-state index contributed by atoms with van der Waals surface area (Å²) in [6, 6.07) is 8.36. The van der Waals surface area contributed by atoms with Crippen molar-refractivity contribution in [1.29, 1.82) is 0 Å². The van der Waals surface area contributed by atoms with E-state index in [2.05, 4.69) is 9.59 Å². The van der Waals surface area contributed by atoms with Crippen LogP contribution in [0, 0.1) is 0 Å². The Morgan fingerprint density at radius 2 is 1.83 bits per heavy atom. The molecular weight excluding hydrogens is 348 g/mol. The Kier molecular flexibility index (Phi) is 4.93. The standard InChI is InChI=1S/C15H18N4O3S2/c1-2-13-14(23-17-16-13)15(20)18-8-10-19(11-9-18)24(21,22)12-6-4-3-5-7-12/h3-7H,2,8-11H2,1H3. The van der Waals surface area contributed by atoms with Crippen LogP contribution in [0.15, 0.2) is 35.2 Å². The highest BCUT2D eigenvalue weighted by Crippen LogP contribution is 2.20. The number of carbonyl (C=O) groups is 1. The van der Waals surface area contributed by atoms with Crippen molar-refractivity contribution in [3.05, 3.63) is 40.9 Å². The fourth-order valence-corrected chi connectivity index (χ4v) is 4.78. The number of benzene rings is 1. The van der Waals surface area contributed by atoms with Crippen molar-refractivity contribution < 1.29 is 13.2 Å². The molecule has 0 bridgehead atoms. The third-order valence-electron chi connectivity index (χ3n) is 3.99. The predicted molar refractivity (Wildman–Crippen MR) is 90.4 cm³/mol. The largest absolute Gasteiger partial charge is 0.335 e. The SMILES string of the molecule is CCc1nnsc1C(=O)N1CCN(S(=O)(=O)c2ccccc2)CC1. The van der Waals surface area contributed by atoms with Crippen molar-refractivity contribution in [1.82, 2.24) is 18.8 Å². The molecule has 0 aliphatic carbocycles. The number of rotatable bonds is 4. The van der Waals surface area contributed by atoms with Crippen molar-refractivity contribution in [2.45, 2.75) is 18.2 Å². The third kappa shape index (κ3) is 3.19. The van der Waals surface area contributed by atoms with Crippen LogP contribution in [0.4, 0.5) is 0 Å². The molecule has 2 heterocycles. The Hall–Kier alpha value is -1.84. The summed E-state index contributed by atoms with van der Waals surface area (Å²) in [5.41, 5.74) is 0.698. The second-order valence-electron chi connectivity index (χ2n) is 5.41. The van der Waals surface area contributed by atoms with Gasteiger partial charge in [0.2, 0.25) is 10.0 Å². The minimum atomic E-state index is -3.50. The van der Waals surface area contributed by atoms with Crippen molar-refractivity contribution in [2.75, 3.05) is 26.2 Å². The molecule has 1 saturated heterocycles. The number of nitrogens with zero attached hydrogens (tertiary/aromatic N) is 4. The number of hydrogen-bond donors (Lipinski definition) is 0. The van der Waals surface area contributed by atoms with E-state index in [1.54, 1.807) is 35.2 Å². The van der Waals surface area contributed by atoms with Crippen molar-refractivity contribution in [3.8, 4) is 0 Å². The summed E-state index contributed by atoms with van der Waals surface area (Å²) in [5, 5.41) is 3.96. The molecule has 0 atom stereocenters. The van der Waals surface area contributed by atoms with Gasteiger partial charge in [-0.05, 0) is 30.1 Å². The lowest BCUT2D eigenvalue weighted by atomic mass is 10.2. The van der Waals surface area contributed by atoms with Gasteiger partial charge in [-0.25, -0.2) is 8.42 Å². The topological polar surface area (TPSA) is 83.5 Å². The summed E-state index contributed by atoms with van der Waals surface area (Å²) in [5.74, 6) is -0.112. The molecule has 0 radical (unpaired) electrons. The van der Waals surface area contributed by atoms with Crippen LogP contribution >= 0.6 is 11.5 Å². The lowest BCUT2D eigenvalue weighted by Gasteiger charge is -2.33. The molecule has 1 aliphatic rings. The van der Waals surface area contributed by atoms with Crippen molar-refractivity contribution in [3.63, 3.8) is 0 Å². The van der Waals surface area contributed by atoms with Gasteiger partial charge in [-0.1, -0.05) is 29.6 Å². The molecule has 3 rings (SSSR count). The smallest absolute Gasteiger partial charge is 0.267 e. The molecule has 1 fully saturated rings. The molecule has 1 aromatic heterocycles. The molecule has 0 unspecified atom stereocenters. The maximum absolute atomic E-state index is 12.6. The highest BCUT2D eigenvalue weighted by atomic mass is 32.2. The molecule has 0 saturated carbocycles. The summed E-state index contributed by atoms with van der Waals surface area (Å²) in [4.78, 5) is 15.1. The van der Waals surface area contributed by atoms with Gasteiger partial charge >= 0.3 is 0 Å². The lowest BCUT2D eigenvalue weighted by Crippen LogP contribution is -2.50. The van der Waals surface area contributed by atoms with Gasteiger partial charge in [-0.3, -0.25) is 4.79 Å². The zero-order chi connectivity index (χ0) is 17.2. The summed E-state index contributed by atoms with van der Waals surface area (Å²) < 4.78 is 30.5. The Labute approximate surface area is 145 Å². The first-order chi connectivity index (χ1) is 11.5. The van der Waals surface area contributed by atoms with Crippen LogP contribution in [0.1, 0.15) is 22.3 Å². The predicted octanol–water partition coefficient (Wildman–Crippen LogP) is 1.25. The lowest BCUT2D eigenvalue weighted by molar-refractivity contribution is 0.0701. The fraction of sp³-hybridized carbons (Fsp3) is 0.400. The van der Waals surface area contributed by atoms with Gasteiger partial charge in [-0.2, -0.15) is 4.31 Å². The van der Waals surface area contributed by atoms with Gasteiger partial charge in [0, 0.05) is 26.2 Å². The molecule has 128 valence electrons. The maximum Gasteiger partial charge on any atom is 0.267 e. The van der Waals surface area contributed by atoms with E-state index in [4.69, 9.17) is 0 Å². The second-order valence-corrected chi connectivity index (χ2v) is 8.10. The molecule has 24 heavy (non-hydrogen) atoms. The molecule has 1 aliphatic heterocycles. The van der Waals surface area contributed by atoms with E-state index in [1.165, 1.54) is 4.31 Å². The number of aromatic nitrogens is 2. The quantitative estimate of drug-likeness (QED) is 0.813. The van der Waals surface area contributed by atoms with Crippen molar-refractivity contribution >= 4 is 27.5 Å². The first-order valence-corrected chi connectivity index (χ1v) is 9.91. The van der Waals surface area contributed by atoms with Gasteiger partial charge in [0.25, 0.3) is 5.91 Å². The van der Waals surface area contributed by atoms with E-state index in [-0.39, 0.29) is 23.9 Å². The summed E-state index contributed by atoms with van der Waals surface area (Å²) >= 11 is 1.09. The summed E-state index contributed by atoms with van der Waals surface area (Å²) in [6.45, 7) is 3.24. The van der Waals surface area contributed by atoms with Gasteiger partial charge in [0.1, 0.15) is 4.88 Å². The molecule has 9 heteroatoms. The van der Waals surface area contributed by atoms with E-state index < -0.39 is 10.0 Å².